The van der Waals surface area contributed by atoms with Crippen LogP contribution in [0.2, 0.25) is 0 Å². The minimum atomic E-state index is -1.76. The minimum absolute atomic E-state index is 0.0962. The number of nitrogens with zero attached hydrogens (tertiary/aromatic N) is 3. The van der Waals surface area contributed by atoms with Crippen molar-refractivity contribution in [2.24, 2.45) is 5.92 Å². The summed E-state index contributed by atoms with van der Waals surface area (Å²) in [5.41, 5.74) is 0.548. The van der Waals surface area contributed by atoms with Crippen molar-refractivity contribution in [2.75, 3.05) is 6.61 Å². The van der Waals surface area contributed by atoms with Crippen molar-refractivity contribution in [1.82, 2.24) is 15.1 Å². The Balaban J connectivity index is 2.23. The van der Waals surface area contributed by atoms with Gasteiger partial charge in [0, 0.05) is 15.8 Å². The lowest BCUT2D eigenvalue weighted by atomic mass is 9.91. The lowest BCUT2D eigenvalue weighted by Crippen LogP contribution is -2.59. The molecule has 1 aromatic heterocycles. The quantitative estimate of drug-likeness (QED) is 0.344. The zero-order chi connectivity index (χ0) is 24.4. The molecule has 2 aromatic rings. The van der Waals surface area contributed by atoms with E-state index in [1.807, 2.05) is 0 Å². The Morgan fingerprint density at radius 2 is 2.06 bits per heavy atom. The molecule has 176 valence electrons. The third-order valence-electron chi connectivity index (χ3n) is 5.32. The third-order valence-corrected chi connectivity index (χ3v) is 5.81. The number of amides is 1. The summed E-state index contributed by atoms with van der Waals surface area (Å²) < 4.78 is 7.40. The topological polar surface area (TPSA) is 178 Å². The molecule has 0 fully saturated rings. The lowest BCUT2D eigenvalue weighted by molar-refractivity contribution is -0.147. The summed E-state index contributed by atoms with van der Waals surface area (Å²) in [5, 5.41) is 57.0. The van der Waals surface area contributed by atoms with Gasteiger partial charge in [-0.3, -0.25) is 4.79 Å². The van der Waals surface area contributed by atoms with Gasteiger partial charge in [-0.1, -0.05) is 29.8 Å². The van der Waals surface area contributed by atoms with Gasteiger partial charge < -0.3 is 30.5 Å². The molecule has 5 atom stereocenters. The molecule has 0 bridgehead atoms. The van der Waals surface area contributed by atoms with Gasteiger partial charge in [0.05, 0.1) is 24.2 Å². The molecule has 0 spiro atoms. The highest BCUT2D eigenvalue weighted by molar-refractivity contribution is 9.10. The number of halogens is 1. The number of carbonyl (C=O) groups is 2. The van der Waals surface area contributed by atoms with Gasteiger partial charge in [-0.15, -0.1) is 0 Å². The van der Waals surface area contributed by atoms with Gasteiger partial charge in [0.2, 0.25) is 11.7 Å². The molecule has 0 saturated carbocycles. The maximum absolute atomic E-state index is 12.6. The molecule has 33 heavy (non-hydrogen) atoms. The fourth-order valence-electron chi connectivity index (χ4n) is 3.57. The second-order valence-electron chi connectivity index (χ2n) is 7.91. The first-order valence-electron chi connectivity index (χ1n) is 10.1. The van der Waals surface area contributed by atoms with Crippen LogP contribution in [0.15, 0.2) is 34.5 Å². The van der Waals surface area contributed by atoms with E-state index in [9.17, 15) is 35.3 Å². The largest absolute Gasteiger partial charge is 0.478 e. The summed E-state index contributed by atoms with van der Waals surface area (Å²) in [4.78, 5) is 24.4. The van der Waals surface area contributed by atoms with E-state index in [1.54, 1.807) is 32.0 Å². The Morgan fingerprint density at radius 1 is 1.36 bits per heavy atom. The smallest absolute Gasteiger partial charge is 0.370 e. The first kappa shape index (κ1) is 24.7. The molecule has 0 aliphatic carbocycles. The number of rotatable bonds is 7. The molecule has 1 aromatic carbocycles. The van der Waals surface area contributed by atoms with Crippen molar-refractivity contribution < 1.29 is 34.8 Å². The van der Waals surface area contributed by atoms with Gasteiger partial charge >= 0.3 is 5.97 Å². The molecule has 1 amide bonds. The zero-order valence-corrected chi connectivity index (χ0v) is 19.3. The molecular formula is C21H23BrN4O7. The van der Waals surface area contributed by atoms with E-state index in [0.717, 1.165) is 0 Å². The number of carboxylic acid groups (broad SMARTS) is 1. The summed E-state index contributed by atoms with van der Waals surface area (Å²) in [6, 6.07) is 4.93. The molecule has 11 nitrogen and oxygen atoms in total. The van der Waals surface area contributed by atoms with Crippen molar-refractivity contribution in [3.63, 3.8) is 0 Å². The summed E-state index contributed by atoms with van der Waals surface area (Å²) in [7, 11) is 0. The van der Waals surface area contributed by atoms with Crippen LogP contribution in [0.5, 0.6) is 0 Å². The minimum Gasteiger partial charge on any atom is -0.478 e. The van der Waals surface area contributed by atoms with Crippen LogP contribution in [0.3, 0.4) is 0 Å². The zero-order valence-electron chi connectivity index (χ0n) is 17.7. The Labute approximate surface area is 197 Å². The number of aliphatic hydroxyl groups excluding tert-OH is 3. The molecule has 0 radical (unpaired) electrons. The first-order valence-corrected chi connectivity index (χ1v) is 10.8. The van der Waals surface area contributed by atoms with Crippen molar-refractivity contribution in [1.29, 1.82) is 5.26 Å². The van der Waals surface area contributed by atoms with E-state index in [-0.39, 0.29) is 5.69 Å². The number of nitrogens with one attached hydrogen (secondary N) is 1. The van der Waals surface area contributed by atoms with E-state index in [4.69, 9.17) is 4.74 Å². The fourth-order valence-corrected chi connectivity index (χ4v) is 3.93. The van der Waals surface area contributed by atoms with E-state index >= 15 is 0 Å². The standard InChI is InChI=1S/C21H23BrN4O7/c1-9(2)20(30)24-17-13(6-16(21(31)32)33-19(17)18(29)15(28)8-27)26-14(7-23)11-5-10(22)3-4-12(11)25-26/h3-6,9,13,15,17-19,27-29H,8H2,1-2H3,(H,24,30)(H,31,32)/t13-,15+,17+,18+,19+/m0/s1. The van der Waals surface area contributed by atoms with Gasteiger partial charge in [-0.2, -0.15) is 10.4 Å². The number of aliphatic hydroxyl groups is 3. The van der Waals surface area contributed by atoms with Crippen LogP contribution in [0.25, 0.3) is 10.9 Å². The predicted molar refractivity (Wildman–Crippen MR) is 118 cm³/mol. The molecule has 5 N–H and O–H groups in total. The van der Waals surface area contributed by atoms with Gasteiger partial charge in [0.15, 0.2) is 0 Å². The molecule has 12 heteroatoms. The number of fused-ring (bicyclic) bond motifs is 1. The van der Waals surface area contributed by atoms with E-state index in [2.05, 4.69) is 32.4 Å². The van der Waals surface area contributed by atoms with Crippen molar-refractivity contribution in [3.05, 3.63) is 40.2 Å². The predicted octanol–water partition coefficient (Wildman–Crippen LogP) is 0.434. The number of hydrogen-bond donors (Lipinski definition) is 5. The Hall–Kier alpha value is -2.98. The summed E-state index contributed by atoms with van der Waals surface area (Å²) >= 11 is 3.35. The third kappa shape index (κ3) is 4.86. The number of nitriles is 1. The first-order chi connectivity index (χ1) is 15.6. The van der Waals surface area contributed by atoms with Crippen LogP contribution < -0.4 is 5.32 Å². The fraction of sp³-hybridized carbons (Fsp3) is 0.429. The van der Waals surface area contributed by atoms with Crippen molar-refractivity contribution in [3.8, 4) is 6.07 Å². The number of carbonyl (C=O) groups excluding carboxylic acids is 1. The molecule has 1 aliphatic rings. The summed E-state index contributed by atoms with van der Waals surface area (Å²) in [6.45, 7) is 2.45. The SMILES string of the molecule is CC(C)C(=O)N[C@H]1[C@H]([C@H](O)[C@H](O)CO)OC(C(=O)O)=C[C@@H]1n1nc2ccc(Br)cc2c1C#N. The highest BCUT2D eigenvalue weighted by Crippen LogP contribution is 2.33. The van der Waals surface area contributed by atoms with E-state index in [0.29, 0.717) is 15.4 Å². The van der Waals surface area contributed by atoms with Crippen molar-refractivity contribution >= 4 is 38.7 Å². The average Bonchev–Trinajstić information content (AvgIpc) is 3.15. The molecular weight excluding hydrogens is 500 g/mol. The van der Waals surface area contributed by atoms with E-state index in [1.165, 1.54) is 10.8 Å². The van der Waals surface area contributed by atoms with Crippen LogP contribution in [0.1, 0.15) is 25.6 Å². The van der Waals surface area contributed by atoms with Crippen LogP contribution in [-0.2, 0) is 14.3 Å². The Bertz CT molecular complexity index is 1140. The molecule has 0 saturated heterocycles. The summed E-state index contributed by atoms with van der Waals surface area (Å²) in [5.74, 6) is -2.93. The molecule has 0 unspecified atom stereocenters. The Kier molecular flexibility index (Phi) is 7.38. The number of aromatic nitrogens is 2. The van der Waals surface area contributed by atoms with Crippen LogP contribution in [0.4, 0.5) is 0 Å². The monoisotopic (exact) mass is 522 g/mol. The number of benzene rings is 1. The van der Waals surface area contributed by atoms with Crippen molar-refractivity contribution in [2.45, 2.75) is 44.2 Å². The highest BCUT2D eigenvalue weighted by atomic mass is 79.9. The normalized spacial score (nSPS) is 22.2. The van der Waals surface area contributed by atoms with Gasteiger partial charge in [0.25, 0.3) is 0 Å². The van der Waals surface area contributed by atoms with Gasteiger partial charge in [0.1, 0.15) is 30.1 Å². The Morgan fingerprint density at radius 3 is 2.64 bits per heavy atom. The molecule has 2 heterocycles. The number of aliphatic carboxylic acids is 1. The number of hydrogen-bond acceptors (Lipinski definition) is 8. The maximum atomic E-state index is 12.6. The van der Waals surface area contributed by atoms with Gasteiger partial charge in [-0.25, -0.2) is 9.48 Å². The summed E-state index contributed by atoms with van der Waals surface area (Å²) in [6.07, 6.45) is -3.72. The second kappa shape index (κ2) is 9.88. The number of ether oxygens (including phenoxy) is 1. The van der Waals surface area contributed by atoms with E-state index < -0.39 is 60.6 Å². The molecule has 3 rings (SSSR count). The maximum Gasteiger partial charge on any atom is 0.370 e. The van der Waals surface area contributed by atoms with Gasteiger partial charge in [-0.05, 0) is 24.3 Å². The molecule has 1 aliphatic heterocycles. The number of carboxylic acids is 1. The average molecular weight is 523 g/mol. The highest BCUT2D eigenvalue weighted by Gasteiger charge is 2.45. The van der Waals surface area contributed by atoms with Crippen LogP contribution in [-0.4, -0.2) is 73.0 Å². The second-order valence-corrected chi connectivity index (χ2v) is 8.82. The van der Waals surface area contributed by atoms with Crippen LogP contribution >= 0.6 is 15.9 Å². The lowest BCUT2D eigenvalue weighted by Gasteiger charge is -2.40. The van der Waals surface area contributed by atoms with Crippen LogP contribution in [0, 0.1) is 17.2 Å².